The number of hydrogen-bond acceptors (Lipinski definition) is 4. The molecule has 5 heteroatoms. The first-order valence-electron chi connectivity index (χ1n) is 4.32. The van der Waals surface area contributed by atoms with Gasteiger partial charge in [0.15, 0.2) is 0 Å². The normalized spacial score (nSPS) is 21.4. The number of esters is 2. The number of ether oxygens (including phenoxy) is 1. The van der Waals surface area contributed by atoms with Crippen molar-refractivity contribution in [3.8, 4) is 0 Å². The largest absolute Gasteiger partial charge is 0.393 e. The van der Waals surface area contributed by atoms with Gasteiger partial charge in [0.2, 0.25) is 0 Å². The molecule has 1 unspecified atom stereocenters. The third-order valence-corrected chi connectivity index (χ3v) is 2.52. The highest BCUT2D eigenvalue weighted by Crippen LogP contribution is 2.29. The first-order valence-corrected chi connectivity index (χ1v) is 4.32. The molecule has 5 nitrogen and oxygen atoms in total. The smallest absolute Gasteiger partial charge is 0.321 e. The van der Waals surface area contributed by atoms with Crippen LogP contribution in [0.2, 0.25) is 0 Å². The van der Waals surface area contributed by atoms with Gasteiger partial charge in [0.05, 0.1) is 18.5 Å². The van der Waals surface area contributed by atoms with Crippen LogP contribution in [0.5, 0.6) is 0 Å². The van der Waals surface area contributed by atoms with Crippen LogP contribution in [0.25, 0.3) is 0 Å². The minimum Gasteiger partial charge on any atom is -0.393 e. The van der Waals surface area contributed by atoms with Crippen molar-refractivity contribution in [2.45, 2.75) is 19.3 Å². The lowest BCUT2D eigenvalue weighted by atomic mass is 9.99. The van der Waals surface area contributed by atoms with Crippen LogP contribution in [0.3, 0.4) is 0 Å². The highest BCUT2D eigenvalue weighted by atomic mass is 16.6. The van der Waals surface area contributed by atoms with E-state index in [1.54, 1.807) is 17.9 Å². The summed E-state index contributed by atoms with van der Waals surface area (Å²) in [6.45, 7) is 1.86. The lowest BCUT2D eigenvalue weighted by molar-refractivity contribution is -0.152. The predicted octanol–water partition coefficient (Wildman–Crippen LogP) is 0.286. The Bertz CT molecular complexity index is 408. The molecule has 2 rings (SSSR count). The van der Waals surface area contributed by atoms with E-state index in [4.69, 9.17) is 0 Å². The average molecular weight is 194 g/mol. The second-order valence-electron chi connectivity index (χ2n) is 3.36. The van der Waals surface area contributed by atoms with E-state index in [0.717, 1.165) is 11.3 Å². The quantitative estimate of drug-likeness (QED) is 0.476. The molecule has 0 amide bonds. The lowest BCUT2D eigenvalue weighted by Crippen LogP contribution is -2.06. The van der Waals surface area contributed by atoms with E-state index < -0.39 is 17.9 Å². The van der Waals surface area contributed by atoms with Crippen LogP contribution < -0.4 is 0 Å². The van der Waals surface area contributed by atoms with Gasteiger partial charge in [-0.1, -0.05) is 0 Å². The van der Waals surface area contributed by atoms with Crippen LogP contribution in [0.4, 0.5) is 0 Å². The van der Waals surface area contributed by atoms with Crippen molar-refractivity contribution in [2.24, 2.45) is 7.05 Å². The molecule has 0 aromatic carbocycles. The first kappa shape index (κ1) is 8.93. The predicted molar refractivity (Wildman–Crippen MR) is 46.4 cm³/mol. The van der Waals surface area contributed by atoms with Gasteiger partial charge in [-0.2, -0.15) is 5.10 Å². The van der Waals surface area contributed by atoms with Crippen LogP contribution >= 0.6 is 0 Å². The molecule has 14 heavy (non-hydrogen) atoms. The Morgan fingerprint density at radius 1 is 1.57 bits per heavy atom. The van der Waals surface area contributed by atoms with E-state index in [1.807, 2.05) is 6.92 Å². The van der Waals surface area contributed by atoms with Gasteiger partial charge in [-0.25, -0.2) is 0 Å². The van der Waals surface area contributed by atoms with E-state index in [-0.39, 0.29) is 6.42 Å². The summed E-state index contributed by atoms with van der Waals surface area (Å²) in [7, 11) is 1.79. The molecule has 1 atom stereocenters. The Labute approximate surface area is 80.7 Å². The van der Waals surface area contributed by atoms with Gasteiger partial charge < -0.3 is 4.74 Å². The summed E-state index contributed by atoms with van der Waals surface area (Å²) < 4.78 is 6.15. The number of cyclic esters (lactones) is 2. The molecule has 1 aromatic rings. The van der Waals surface area contributed by atoms with Crippen molar-refractivity contribution in [3.63, 3.8) is 0 Å². The molecule has 0 spiro atoms. The minimum atomic E-state index is -0.467. The fourth-order valence-corrected chi connectivity index (χ4v) is 1.57. The minimum absolute atomic E-state index is 0.130. The molecule has 1 aromatic heterocycles. The van der Waals surface area contributed by atoms with E-state index in [1.165, 1.54) is 0 Å². The Morgan fingerprint density at radius 3 is 2.71 bits per heavy atom. The molecule has 1 saturated heterocycles. The molecule has 1 fully saturated rings. The van der Waals surface area contributed by atoms with Crippen molar-refractivity contribution in [1.82, 2.24) is 9.78 Å². The van der Waals surface area contributed by atoms with Gasteiger partial charge in [-0.15, -0.1) is 0 Å². The Balaban J connectivity index is 2.36. The molecule has 2 heterocycles. The van der Waals surface area contributed by atoms with E-state index in [0.29, 0.717) is 0 Å². The van der Waals surface area contributed by atoms with Crippen LogP contribution in [-0.2, 0) is 21.4 Å². The SMILES string of the molecule is Cc1c(C2CC(=O)OC2=O)cnn1C. The summed E-state index contributed by atoms with van der Waals surface area (Å²) in [6, 6.07) is 0. The number of carbonyl (C=O) groups is 2. The Morgan fingerprint density at radius 2 is 2.29 bits per heavy atom. The highest BCUT2D eigenvalue weighted by Gasteiger charge is 2.36. The summed E-state index contributed by atoms with van der Waals surface area (Å²) in [5, 5.41) is 4.02. The van der Waals surface area contributed by atoms with Gasteiger partial charge in [0, 0.05) is 18.3 Å². The summed E-state index contributed by atoms with van der Waals surface area (Å²) in [6.07, 6.45) is 1.74. The van der Waals surface area contributed by atoms with Gasteiger partial charge in [-0.3, -0.25) is 14.3 Å². The number of rotatable bonds is 1. The summed E-state index contributed by atoms with van der Waals surface area (Å²) in [4.78, 5) is 22.2. The summed E-state index contributed by atoms with van der Waals surface area (Å²) in [5.41, 5.74) is 1.67. The number of carbonyl (C=O) groups excluding carboxylic acids is 2. The molecule has 0 aliphatic carbocycles. The summed E-state index contributed by atoms with van der Waals surface area (Å²) in [5.74, 6) is -1.38. The Hall–Kier alpha value is -1.65. The van der Waals surface area contributed by atoms with Crippen LogP contribution in [-0.4, -0.2) is 21.7 Å². The molecule has 0 bridgehead atoms. The molecule has 1 aliphatic rings. The van der Waals surface area contributed by atoms with Gasteiger partial charge in [0.1, 0.15) is 0 Å². The van der Waals surface area contributed by atoms with E-state index in [9.17, 15) is 9.59 Å². The number of aryl methyl sites for hydroxylation is 1. The maximum Gasteiger partial charge on any atom is 0.321 e. The summed E-state index contributed by atoms with van der Waals surface area (Å²) >= 11 is 0. The number of hydrogen-bond donors (Lipinski definition) is 0. The van der Waals surface area contributed by atoms with Crippen LogP contribution in [0.1, 0.15) is 23.6 Å². The maximum absolute atomic E-state index is 11.3. The van der Waals surface area contributed by atoms with E-state index in [2.05, 4.69) is 9.84 Å². The zero-order chi connectivity index (χ0) is 10.3. The highest BCUT2D eigenvalue weighted by molar-refractivity contribution is 5.97. The van der Waals surface area contributed by atoms with Crippen molar-refractivity contribution < 1.29 is 14.3 Å². The standard InChI is InChI=1S/C9H10N2O3/c1-5-7(4-10-11(5)2)6-3-8(12)14-9(6)13/h4,6H,3H2,1-2H3. The van der Waals surface area contributed by atoms with Gasteiger partial charge >= 0.3 is 11.9 Å². The molecular formula is C9H10N2O3. The molecular weight excluding hydrogens is 184 g/mol. The fraction of sp³-hybridized carbons (Fsp3) is 0.444. The zero-order valence-corrected chi connectivity index (χ0v) is 7.98. The second kappa shape index (κ2) is 2.94. The van der Waals surface area contributed by atoms with Gasteiger partial charge in [0.25, 0.3) is 0 Å². The van der Waals surface area contributed by atoms with Crippen molar-refractivity contribution in [2.75, 3.05) is 0 Å². The molecule has 1 aliphatic heterocycles. The number of aromatic nitrogens is 2. The van der Waals surface area contributed by atoms with Crippen molar-refractivity contribution in [1.29, 1.82) is 0 Å². The average Bonchev–Trinajstić information content (AvgIpc) is 2.59. The van der Waals surface area contributed by atoms with Crippen LogP contribution in [0.15, 0.2) is 6.20 Å². The molecule has 0 N–H and O–H groups in total. The molecule has 0 saturated carbocycles. The third kappa shape index (κ3) is 1.21. The Kier molecular flexibility index (Phi) is 1.87. The van der Waals surface area contributed by atoms with Crippen molar-refractivity contribution >= 4 is 11.9 Å². The fourth-order valence-electron chi connectivity index (χ4n) is 1.57. The lowest BCUT2D eigenvalue weighted by Gasteiger charge is -2.02. The second-order valence-corrected chi connectivity index (χ2v) is 3.36. The van der Waals surface area contributed by atoms with Crippen molar-refractivity contribution in [3.05, 3.63) is 17.5 Å². The number of nitrogens with zero attached hydrogens (tertiary/aromatic N) is 2. The van der Waals surface area contributed by atoms with E-state index >= 15 is 0 Å². The maximum atomic E-state index is 11.3. The monoisotopic (exact) mass is 194 g/mol. The van der Waals surface area contributed by atoms with Gasteiger partial charge in [-0.05, 0) is 6.92 Å². The topological polar surface area (TPSA) is 61.2 Å². The first-order chi connectivity index (χ1) is 6.59. The molecule has 74 valence electrons. The molecule has 0 radical (unpaired) electrons. The van der Waals surface area contributed by atoms with Crippen LogP contribution in [0, 0.1) is 6.92 Å². The zero-order valence-electron chi connectivity index (χ0n) is 7.98. The third-order valence-electron chi connectivity index (χ3n) is 2.52.